The van der Waals surface area contributed by atoms with Gasteiger partial charge >= 0.3 is 11.9 Å². The number of benzene rings is 2. The Labute approximate surface area is 240 Å². The maximum atomic E-state index is 12.8. The molecule has 0 saturated carbocycles. The van der Waals surface area contributed by atoms with Crippen molar-refractivity contribution in [3.05, 3.63) is 82.6 Å². The fourth-order valence-corrected chi connectivity index (χ4v) is 5.92. The second-order valence-electron chi connectivity index (χ2n) is 8.48. The van der Waals surface area contributed by atoms with Crippen LogP contribution in [0.2, 0.25) is 0 Å². The molecule has 0 radical (unpaired) electrons. The molecule has 10 heteroatoms. The molecule has 2 amide bonds. The first-order valence-electron chi connectivity index (χ1n) is 12.7. The van der Waals surface area contributed by atoms with E-state index in [1.165, 1.54) is 22.7 Å². The minimum absolute atomic E-state index is 0.127. The molecule has 40 heavy (non-hydrogen) atoms. The lowest BCUT2D eigenvalue weighted by molar-refractivity contribution is -0.121. The van der Waals surface area contributed by atoms with Gasteiger partial charge in [-0.3, -0.25) is 9.59 Å². The summed E-state index contributed by atoms with van der Waals surface area (Å²) in [6, 6.07) is 18.7. The third-order valence-corrected chi connectivity index (χ3v) is 7.59. The van der Waals surface area contributed by atoms with Crippen molar-refractivity contribution < 1.29 is 28.7 Å². The van der Waals surface area contributed by atoms with E-state index in [-0.39, 0.29) is 37.2 Å². The molecule has 0 bridgehead atoms. The third-order valence-electron chi connectivity index (χ3n) is 5.80. The molecule has 0 aliphatic heterocycles. The summed E-state index contributed by atoms with van der Waals surface area (Å²) in [7, 11) is 0. The summed E-state index contributed by atoms with van der Waals surface area (Å²) in [5.41, 5.74) is 3.53. The predicted octanol–water partition coefficient (Wildman–Crippen LogP) is 6.85. The summed E-state index contributed by atoms with van der Waals surface area (Å²) in [4.78, 5) is 51.1. The molecular formula is C30H28N2O6S2. The number of ether oxygens (including phenoxy) is 2. The highest BCUT2D eigenvalue weighted by atomic mass is 32.1. The highest BCUT2D eigenvalue weighted by Crippen LogP contribution is 2.37. The summed E-state index contributed by atoms with van der Waals surface area (Å²) in [5, 5.41) is 9.82. The van der Waals surface area contributed by atoms with Gasteiger partial charge in [0.05, 0.1) is 13.2 Å². The number of amides is 2. The predicted molar refractivity (Wildman–Crippen MR) is 158 cm³/mol. The summed E-state index contributed by atoms with van der Waals surface area (Å²) in [5.74, 6) is -1.92. The van der Waals surface area contributed by atoms with E-state index in [1.807, 2.05) is 60.7 Å². The lowest BCUT2D eigenvalue weighted by Gasteiger charge is -2.10. The van der Waals surface area contributed by atoms with E-state index in [4.69, 9.17) is 9.47 Å². The second-order valence-corrected chi connectivity index (χ2v) is 10.2. The van der Waals surface area contributed by atoms with Crippen LogP contribution < -0.4 is 10.6 Å². The van der Waals surface area contributed by atoms with E-state index < -0.39 is 23.8 Å². The molecule has 0 aliphatic carbocycles. The average Bonchev–Trinajstić information content (AvgIpc) is 3.57. The van der Waals surface area contributed by atoms with Gasteiger partial charge in [-0.05, 0) is 25.0 Å². The van der Waals surface area contributed by atoms with Crippen LogP contribution in [0.1, 0.15) is 47.4 Å². The zero-order valence-corrected chi connectivity index (χ0v) is 23.7. The van der Waals surface area contributed by atoms with E-state index in [0.717, 1.165) is 11.1 Å². The van der Waals surface area contributed by atoms with E-state index in [2.05, 4.69) is 10.6 Å². The number of carbonyl (C=O) groups is 4. The first kappa shape index (κ1) is 28.7. The van der Waals surface area contributed by atoms with E-state index in [9.17, 15) is 19.2 Å². The number of carbonyl (C=O) groups excluding carboxylic acids is 4. The van der Waals surface area contributed by atoms with E-state index >= 15 is 0 Å². The Morgan fingerprint density at radius 3 is 1.35 bits per heavy atom. The normalized spacial score (nSPS) is 10.6. The number of hydrogen-bond acceptors (Lipinski definition) is 8. The Morgan fingerprint density at radius 2 is 1.00 bits per heavy atom. The van der Waals surface area contributed by atoms with Crippen LogP contribution in [-0.2, 0) is 19.1 Å². The summed E-state index contributed by atoms with van der Waals surface area (Å²) < 4.78 is 10.5. The molecule has 0 atom stereocenters. The molecule has 0 unspecified atom stereocenters. The van der Waals surface area contributed by atoms with E-state index in [0.29, 0.717) is 21.1 Å². The summed E-state index contributed by atoms with van der Waals surface area (Å²) in [6.45, 7) is 3.82. The third kappa shape index (κ3) is 6.83. The van der Waals surface area contributed by atoms with Gasteiger partial charge in [0.1, 0.15) is 21.1 Å². The highest BCUT2D eigenvalue weighted by Gasteiger charge is 2.25. The molecule has 2 heterocycles. The topological polar surface area (TPSA) is 111 Å². The van der Waals surface area contributed by atoms with Gasteiger partial charge in [0.2, 0.25) is 11.8 Å². The molecule has 0 aliphatic rings. The van der Waals surface area contributed by atoms with Gasteiger partial charge in [-0.25, -0.2) is 9.59 Å². The van der Waals surface area contributed by atoms with Crippen LogP contribution in [0.5, 0.6) is 0 Å². The number of hydrogen-bond donors (Lipinski definition) is 2. The average molecular weight is 577 g/mol. The van der Waals surface area contributed by atoms with Crippen molar-refractivity contribution >= 4 is 56.4 Å². The molecule has 4 rings (SSSR count). The van der Waals surface area contributed by atoms with Crippen LogP contribution in [-0.4, -0.2) is 37.0 Å². The van der Waals surface area contributed by atoms with Crippen LogP contribution in [0.25, 0.3) is 22.3 Å². The summed E-state index contributed by atoms with van der Waals surface area (Å²) in [6.07, 6.45) is -0.253. The molecular weight excluding hydrogens is 548 g/mol. The fraction of sp³-hybridized carbons (Fsp3) is 0.200. The first-order valence-corrected chi connectivity index (χ1v) is 14.5. The second kappa shape index (κ2) is 13.7. The van der Waals surface area contributed by atoms with Crippen molar-refractivity contribution in [3.8, 4) is 22.3 Å². The molecule has 0 spiro atoms. The largest absolute Gasteiger partial charge is 0.462 e. The molecule has 2 aromatic heterocycles. The van der Waals surface area contributed by atoms with Crippen LogP contribution in [0, 0.1) is 0 Å². The maximum Gasteiger partial charge on any atom is 0.341 e. The number of esters is 2. The van der Waals surface area contributed by atoms with Crippen LogP contribution >= 0.6 is 22.7 Å². The van der Waals surface area contributed by atoms with Gasteiger partial charge in [0.25, 0.3) is 0 Å². The quantitative estimate of drug-likeness (QED) is 0.189. The van der Waals surface area contributed by atoms with Gasteiger partial charge in [0, 0.05) is 34.7 Å². The van der Waals surface area contributed by atoms with Gasteiger partial charge in [0.15, 0.2) is 0 Å². The number of thiophene rings is 2. The Kier molecular flexibility index (Phi) is 9.82. The van der Waals surface area contributed by atoms with Crippen LogP contribution in [0.3, 0.4) is 0 Å². The lowest BCUT2D eigenvalue weighted by atomic mass is 10.0. The molecule has 2 aromatic carbocycles. The molecule has 8 nitrogen and oxygen atoms in total. The molecule has 0 saturated heterocycles. The maximum absolute atomic E-state index is 12.8. The smallest absolute Gasteiger partial charge is 0.341 e. The molecule has 206 valence electrons. The standard InChI is InChI=1S/C30H28N2O6S2/c1-3-37-29(35)25-21(19-11-7-5-8-12-19)17-39-27(25)31-23(33)15-16-24(34)32-28-26(30(36)38-4-2)22(18-40-28)20-13-9-6-10-14-20/h5-14,17-18H,3-4,15-16H2,1-2H3,(H,31,33)(H,32,34). The fourth-order valence-electron chi connectivity index (χ4n) is 3.98. The van der Waals surface area contributed by atoms with Crippen molar-refractivity contribution in [1.29, 1.82) is 0 Å². The lowest BCUT2D eigenvalue weighted by Crippen LogP contribution is -2.19. The van der Waals surface area contributed by atoms with Gasteiger partial charge in [-0.2, -0.15) is 0 Å². The van der Waals surface area contributed by atoms with Gasteiger partial charge < -0.3 is 20.1 Å². The molecule has 2 N–H and O–H groups in total. The zero-order chi connectivity index (χ0) is 28.5. The van der Waals surface area contributed by atoms with Crippen LogP contribution in [0.15, 0.2) is 71.4 Å². The highest BCUT2D eigenvalue weighted by molar-refractivity contribution is 7.15. The van der Waals surface area contributed by atoms with Crippen molar-refractivity contribution in [2.75, 3.05) is 23.8 Å². The Morgan fingerprint density at radius 1 is 0.625 bits per heavy atom. The van der Waals surface area contributed by atoms with Crippen LogP contribution in [0.4, 0.5) is 10.0 Å². The minimum Gasteiger partial charge on any atom is -0.462 e. The number of rotatable bonds is 11. The molecule has 0 fully saturated rings. The molecule has 4 aromatic rings. The van der Waals surface area contributed by atoms with Crippen molar-refractivity contribution in [3.63, 3.8) is 0 Å². The number of anilines is 2. The monoisotopic (exact) mass is 576 g/mol. The Balaban J connectivity index is 1.45. The van der Waals surface area contributed by atoms with E-state index in [1.54, 1.807) is 24.6 Å². The van der Waals surface area contributed by atoms with Gasteiger partial charge in [-0.1, -0.05) is 60.7 Å². The SMILES string of the molecule is CCOC(=O)c1c(-c2ccccc2)csc1NC(=O)CCC(=O)Nc1scc(-c2ccccc2)c1C(=O)OCC. The van der Waals surface area contributed by atoms with Crippen molar-refractivity contribution in [2.45, 2.75) is 26.7 Å². The Bertz CT molecular complexity index is 1380. The van der Waals surface area contributed by atoms with Gasteiger partial charge in [-0.15, -0.1) is 22.7 Å². The Hall–Kier alpha value is -4.28. The minimum atomic E-state index is -0.533. The summed E-state index contributed by atoms with van der Waals surface area (Å²) >= 11 is 2.44. The zero-order valence-electron chi connectivity index (χ0n) is 22.0. The van der Waals surface area contributed by atoms with Crippen molar-refractivity contribution in [1.82, 2.24) is 0 Å². The van der Waals surface area contributed by atoms with Crippen molar-refractivity contribution in [2.24, 2.45) is 0 Å². The first-order chi connectivity index (χ1) is 19.4. The number of nitrogens with one attached hydrogen (secondary N) is 2.